The number of amides is 1. The van der Waals surface area contributed by atoms with Gasteiger partial charge in [0.15, 0.2) is 15.8 Å². The van der Waals surface area contributed by atoms with E-state index in [0.29, 0.717) is 58.3 Å². The van der Waals surface area contributed by atoms with E-state index in [4.69, 9.17) is 14.2 Å². The van der Waals surface area contributed by atoms with Crippen LogP contribution in [0.5, 0.6) is 17.2 Å². The zero-order valence-corrected chi connectivity index (χ0v) is 26.0. The monoisotopic (exact) mass is 629 g/mol. The van der Waals surface area contributed by atoms with E-state index in [2.05, 4.69) is 41.4 Å². The van der Waals surface area contributed by atoms with Crippen LogP contribution in [0.25, 0.3) is 5.76 Å². The maximum Gasteiger partial charge on any atom is 0.301 e. The predicted molar refractivity (Wildman–Crippen MR) is 170 cm³/mol. The Morgan fingerprint density at radius 1 is 1.02 bits per heavy atom. The fourth-order valence-electron chi connectivity index (χ4n) is 4.96. The topological polar surface area (TPSA) is 111 Å². The van der Waals surface area contributed by atoms with E-state index < -0.39 is 17.7 Å². The third kappa shape index (κ3) is 6.15. The Balaban J connectivity index is 1.36. The number of aromatic nitrogens is 2. The van der Waals surface area contributed by atoms with Gasteiger partial charge >= 0.3 is 5.91 Å². The first-order valence-corrected chi connectivity index (χ1v) is 16.2. The predicted octanol–water partition coefficient (Wildman–Crippen LogP) is 6.72. The molecule has 1 N–H and O–H groups in total. The van der Waals surface area contributed by atoms with Crippen molar-refractivity contribution in [3.8, 4) is 17.2 Å². The number of benzene rings is 3. The van der Waals surface area contributed by atoms with Crippen LogP contribution in [-0.2, 0) is 15.3 Å². The number of aliphatic hydroxyl groups is 1. The van der Waals surface area contributed by atoms with E-state index >= 15 is 0 Å². The Morgan fingerprint density at radius 3 is 2.52 bits per heavy atom. The quantitative estimate of drug-likeness (QED) is 0.0511. The van der Waals surface area contributed by atoms with Gasteiger partial charge in [0.2, 0.25) is 5.13 Å². The molecule has 226 valence electrons. The number of ketones is 1. The number of ether oxygens (including phenoxy) is 3. The molecule has 2 aliphatic heterocycles. The number of hydrogen-bond donors (Lipinski definition) is 1. The summed E-state index contributed by atoms with van der Waals surface area (Å²) in [4.78, 5) is 28.6. The van der Waals surface area contributed by atoms with Crippen LogP contribution in [0, 0.1) is 6.92 Å². The Labute approximate surface area is 263 Å². The molecule has 3 heterocycles. The van der Waals surface area contributed by atoms with Crippen molar-refractivity contribution in [2.75, 3.05) is 24.7 Å². The zero-order valence-electron chi connectivity index (χ0n) is 24.3. The minimum absolute atomic E-state index is 0.0459. The van der Waals surface area contributed by atoms with Gasteiger partial charge in [0.05, 0.1) is 18.2 Å². The van der Waals surface area contributed by atoms with Crippen LogP contribution in [0.1, 0.15) is 48.1 Å². The van der Waals surface area contributed by atoms with Crippen molar-refractivity contribution in [3.63, 3.8) is 0 Å². The lowest BCUT2D eigenvalue weighted by molar-refractivity contribution is -0.132. The van der Waals surface area contributed by atoms with Crippen molar-refractivity contribution in [2.24, 2.45) is 0 Å². The van der Waals surface area contributed by atoms with Crippen molar-refractivity contribution < 1.29 is 28.9 Å². The van der Waals surface area contributed by atoms with Crippen molar-refractivity contribution in [3.05, 3.63) is 94.6 Å². The largest absolute Gasteiger partial charge is 0.507 e. The number of aliphatic hydroxyl groups excluding tert-OH is 1. The molecule has 6 rings (SSSR count). The Kier molecular flexibility index (Phi) is 8.85. The highest BCUT2D eigenvalue weighted by Gasteiger charge is 2.48. The summed E-state index contributed by atoms with van der Waals surface area (Å²) in [6.45, 7) is 5.52. The molecule has 2 aliphatic rings. The van der Waals surface area contributed by atoms with Gasteiger partial charge in [-0.2, -0.15) is 0 Å². The number of carbonyl (C=O) groups is 2. The van der Waals surface area contributed by atoms with Gasteiger partial charge in [0, 0.05) is 11.3 Å². The molecule has 0 spiro atoms. The van der Waals surface area contributed by atoms with Gasteiger partial charge in [-0.05, 0) is 54.8 Å². The van der Waals surface area contributed by atoms with Crippen LogP contribution in [-0.4, -0.2) is 46.8 Å². The summed E-state index contributed by atoms with van der Waals surface area (Å²) in [5, 5.41) is 20.5. The standard InChI is InChI=1S/C33H31N3O6S2/c1-3-4-15-40-24-12-9-22(10-13-24)28-27(29(37)23-11-14-25-26(18-23)42-17-16-41-25)30(38)31(39)36(28)32-34-35-33(44-32)43-19-21-7-5-20(2)6-8-21/h5-14,18,28,37H,3-4,15-17,19H2,1-2H3/b29-27+. The van der Waals surface area contributed by atoms with Crippen LogP contribution in [0.3, 0.4) is 0 Å². The third-order valence-electron chi connectivity index (χ3n) is 7.31. The van der Waals surface area contributed by atoms with Crippen LogP contribution in [0.2, 0.25) is 0 Å². The molecular formula is C33H31N3O6S2. The van der Waals surface area contributed by atoms with E-state index in [-0.39, 0.29) is 16.5 Å². The summed E-state index contributed by atoms with van der Waals surface area (Å²) >= 11 is 2.73. The number of anilines is 1. The summed E-state index contributed by atoms with van der Waals surface area (Å²) in [5.74, 6) is 0.456. The first kappa shape index (κ1) is 29.7. The fraction of sp³-hybridized carbons (Fsp3) is 0.273. The smallest absolute Gasteiger partial charge is 0.301 e. The number of rotatable bonds is 10. The summed E-state index contributed by atoms with van der Waals surface area (Å²) in [6.07, 6.45) is 1.94. The van der Waals surface area contributed by atoms with E-state index in [1.807, 2.05) is 6.92 Å². The Morgan fingerprint density at radius 2 is 1.77 bits per heavy atom. The molecule has 44 heavy (non-hydrogen) atoms. The Hall–Kier alpha value is -4.35. The average molecular weight is 630 g/mol. The second-order valence-electron chi connectivity index (χ2n) is 10.4. The van der Waals surface area contributed by atoms with Crippen LogP contribution in [0.15, 0.2) is 76.6 Å². The number of carbonyl (C=O) groups excluding carboxylic acids is 2. The average Bonchev–Trinajstić information content (AvgIpc) is 3.62. The lowest BCUT2D eigenvalue weighted by atomic mass is 9.95. The van der Waals surface area contributed by atoms with Crippen LogP contribution < -0.4 is 19.1 Å². The summed E-state index contributed by atoms with van der Waals surface area (Å²) < 4.78 is 17.8. The van der Waals surface area contributed by atoms with Crippen molar-refractivity contribution in [1.29, 1.82) is 0 Å². The fourth-order valence-corrected chi connectivity index (χ4v) is 6.78. The maximum absolute atomic E-state index is 13.6. The number of unbranched alkanes of at least 4 members (excludes halogenated alkanes) is 1. The SMILES string of the molecule is CCCCOc1ccc(C2/C(=C(\O)c3ccc4c(c3)OCCO4)C(=O)C(=O)N2c2nnc(SCc3ccc(C)cc3)s2)cc1. The number of Topliss-reactive ketones (excluding diaryl/α,β-unsaturated/α-hetero) is 1. The Bertz CT molecular complexity index is 1700. The van der Waals surface area contributed by atoms with Crippen molar-refractivity contribution in [2.45, 2.75) is 42.8 Å². The molecule has 4 aromatic rings. The molecule has 9 nitrogen and oxygen atoms in total. The highest BCUT2D eigenvalue weighted by atomic mass is 32.2. The number of fused-ring (bicyclic) bond motifs is 1. The number of hydrogen-bond acceptors (Lipinski definition) is 10. The second kappa shape index (κ2) is 13.1. The van der Waals surface area contributed by atoms with E-state index in [1.165, 1.54) is 33.6 Å². The molecule has 11 heteroatoms. The molecule has 0 saturated carbocycles. The molecular weight excluding hydrogens is 599 g/mol. The molecule has 1 saturated heterocycles. The summed E-state index contributed by atoms with van der Waals surface area (Å²) in [6, 6.07) is 19.5. The van der Waals surface area contributed by atoms with Crippen LogP contribution >= 0.6 is 23.1 Å². The minimum atomic E-state index is -0.934. The maximum atomic E-state index is 13.6. The van der Waals surface area contributed by atoms with Crippen molar-refractivity contribution in [1.82, 2.24) is 10.2 Å². The van der Waals surface area contributed by atoms with Crippen molar-refractivity contribution >= 4 is 45.7 Å². The molecule has 1 fully saturated rings. The molecule has 0 bridgehead atoms. The zero-order chi connectivity index (χ0) is 30.6. The lowest BCUT2D eigenvalue weighted by Gasteiger charge is -2.23. The lowest BCUT2D eigenvalue weighted by Crippen LogP contribution is -2.29. The molecule has 1 amide bonds. The second-order valence-corrected chi connectivity index (χ2v) is 12.6. The molecule has 1 aromatic heterocycles. The van der Waals surface area contributed by atoms with Crippen LogP contribution in [0.4, 0.5) is 5.13 Å². The first-order chi connectivity index (χ1) is 21.4. The van der Waals surface area contributed by atoms with E-state index in [1.54, 1.807) is 42.5 Å². The first-order valence-electron chi connectivity index (χ1n) is 14.4. The molecule has 3 aromatic carbocycles. The van der Waals surface area contributed by atoms with Gasteiger partial charge < -0.3 is 19.3 Å². The number of thioether (sulfide) groups is 1. The normalized spacial score (nSPS) is 17.2. The van der Waals surface area contributed by atoms with Gasteiger partial charge in [0.1, 0.15) is 24.7 Å². The highest BCUT2D eigenvalue weighted by Crippen LogP contribution is 2.45. The summed E-state index contributed by atoms with van der Waals surface area (Å²) in [7, 11) is 0. The van der Waals surface area contributed by atoms with Gasteiger partial charge in [-0.3, -0.25) is 14.5 Å². The molecule has 0 radical (unpaired) electrons. The number of nitrogens with zero attached hydrogens (tertiary/aromatic N) is 3. The van der Waals surface area contributed by atoms with Gasteiger partial charge in [-0.15, -0.1) is 10.2 Å². The third-order valence-corrected chi connectivity index (χ3v) is 9.43. The molecule has 0 aliphatic carbocycles. The van der Waals surface area contributed by atoms with Gasteiger partial charge in [0.25, 0.3) is 5.78 Å². The minimum Gasteiger partial charge on any atom is -0.507 e. The highest BCUT2D eigenvalue weighted by molar-refractivity contribution is 8.00. The van der Waals surface area contributed by atoms with Gasteiger partial charge in [-0.1, -0.05) is 78.4 Å². The van der Waals surface area contributed by atoms with E-state index in [0.717, 1.165) is 18.4 Å². The van der Waals surface area contributed by atoms with E-state index in [9.17, 15) is 14.7 Å². The molecule has 1 atom stereocenters. The number of aryl methyl sites for hydroxylation is 1. The van der Waals surface area contributed by atoms with Gasteiger partial charge in [-0.25, -0.2) is 0 Å². The summed E-state index contributed by atoms with van der Waals surface area (Å²) in [5.41, 5.74) is 3.23. The molecule has 1 unspecified atom stereocenters.